The number of hydrogen-bond donors (Lipinski definition) is 1. The molecule has 0 aliphatic carbocycles. The molecule has 0 unspecified atom stereocenters. The van der Waals surface area contributed by atoms with Crippen LogP contribution in [0.3, 0.4) is 0 Å². The van der Waals surface area contributed by atoms with Crippen LogP contribution < -0.4 is 0 Å². The van der Waals surface area contributed by atoms with Gasteiger partial charge < -0.3 is 24.2 Å². The van der Waals surface area contributed by atoms with Gasteiger partial charge in [0.05, 0.1) is 31.0 Å². The third kappa shape index (κ3) is 12.2. The molecule has 6 heteroatoms. The van der Waals surface area contributed by atoms with E-state index in [0.717, 1.165) is 12.8 Å². The zero-order chi connectivity index (χ0) is 19.7. The average Bonchev–Trinajstić information content (AvgIpc) is 2.43. The lowest BCUT2D eigenvalue weighted by molar-refractivity contribution is -0.0814. The number of aliphatic hydroxyl groups excluding tert-OH is 1. The molecule has 0 radical (unpaired) electrons. The summed E-state index contributed by atoms with van der Waals surface area (Å²) in [5, 5.41) is 8.85. The van der Waals surface area contributed by atoms with Gasteiger partial charge >= 0.3 is 6.09 Å². The van der Waals surface area contributed by atoms with Crippen LogP contribution in [0.4, 0.5) is 4.79 Å². The van der Waals surface area contributed by atoms with Gasteiger partial charge in [-0.1, -0.05) is 0 Å². The van der Waals surface area contributed by atoms with Crippen LogP contribution in [-0.2, 0) is 14.2 Å². The van der Waals surface area contributed by atoms with Gasteiger partial charge in [-0.05, 0) is 68.2 Å². The lowest BCUT2D eigenvalue weighted by Gasteiger charge is -2.32. The van der Waals surface area contributed by atoms with Crippen LogP contribution in [0.2, 0.25) is 0 Å². The van der Waals surface area contributed by atoms with E-state index in [1.165, 1.54) is 0 Å². The summed E-state index contributed by atoms with van der Waals surface area (Å²) < 4.78 is 17.0. The molecule has 0 fully saturated rings. The fourth-order valence-corrected chi connectivity index (χ4v) is 2.15. The molecule has 1 amide bonds. The highest BCUT2D eigenvalue weighted by molar-refractivity contribution is 5.68. The predicted octanol–water partition coefficient (Wildman–Crippen LogP) is 3.61. The second-order valence-electron chi connectivity index (χ2n) is 8.50. The monoisotopic (exact) mass is 361 g/mol. The van der Waals surface area contributed by atoms with Gasteiger partial charge in [0.15, 0.2) is 0 Å². The molecule has 0 saturated carbocycles. The normalized spacial score (nSPS) is 13.0. The Labute approximate surface area is 153 Å². The van der Waals surface area contributed by atoms with Crippen LogP contribution in [0.5, 0.6) is 0 Å². The SMILES string of the molecule is CCN(CCC(C)(C)OCCC(C)(C)OCCO)C(=O)OC(C)(C)C. The van der Waals surface area contributed by atoms with E-state index < -0.39 is 5.60 Å². The number of nitrogens with zero attached hydrogens (tertiary/aromatic N) is 1. The third-order valence-corrected chi connectivity index (χ3v) is 3.80. The van der Waals surface area contributed by atoms with E-state index in [1.807, 2.05) is 55.4 Å². The van der Waals surface area contributed by atoms with E-state index in [0.29, 0.717) is 26.3 Å². The number of hydrogen-bond acceptors (Lipinski definition) is 5. The zero-order valence-corrected chi connectivity index (χ0v) is 17.5. The van der Waals surface area contributed by atoms with Crippen molar-refractivity contribution >= 4 is 6.09 Å². The van der Waals surface area contributed by atoms with Gasteiger partial charge in [-0.3, -0.25) is 0 Å². The topological polar surface area (TPSA) is 68.2 Å². The van der Waals surface area contributed by atoms with Gasteiger partial charge in [-0.2, -0.15) is 0 Å². The van der Waals surface area contributed by atoms with E-state index in [4.69, 9.17) is 19.3 Å². The van der Waals surface area contributed by atoms with Crippen molar-refractivity contribution in [2.45, 2.75) is 85.0 Å². The number of amides is 1. The van der Waals surface area contributed by atoms with Crippen molar-refractivity contribution in [2.24, 2.45) is 0 Å². The van der Waals surface area contributed by atoms with Gasteiger partial charge in [0.2, 0.25) is 0 Å². The van der Waals surface area contributed by atoms with Crippen LogP contribution in [0, 0.1) is 0 Å². The number of aliphatic hydroxyl groups is 1. The maximum Gasteiger partial charge on any atom is 0.410 e. The van der Waals surface area contributed by atoms with Crippen LogP contribution >= 0.6 is 0 Å². The molecule has 0 aliphatic rings. The lowest BCUT2D eigenvalue weighted by Crippen LogP contribution is -2.40. The summed E-state index contributed by atoms with van der Waals surface area (Å²) in [5.74, 6) is 0. The van der Waals surface area contributed by atoms with E-state index in [1.54, 1.807) is 4.90 Å². The summed E-state index contributed by atoms with van der Waals surface area (Å²) in [6.45, 7) is 17.7. The van der Waals surface area contributed by atoms with Crippen molar-refractivity contribution in [2.75, 3.05) is 32.9 Å². The Bertz CT molecular complexity index is 388. The molecule has 0 aromatic rings. The largest absolute Gasteiger partial charge is 0.444 e. The summed E-state index contributed by atoms with van der Waals surface area (Å²) >= 11 is 0. The fraction of sp³-hybridized carbons (Fsp3) is 0.947. The number of rotatable bonds is 11. The van der Waals surface area contributed by atoms with Gasteiger partial charge in [-0.15, -0.1) is 0 Å². The summed E-state index contributed by atoms with van der Waals surface area (Å²) in [6, 6.07) is 0. The van der Waals surface area contributed by atoms with Gasteiger partial charge in [-0.25, -0.2) is 4.79 Å². The van der Waals surface area contributed by atoms with Crippen molar-refractivity contribution in [3.63, 3.8) is 0 Å². The molecule has 0 heterocycles. The number of ether oxygens (including phenoxy) is 3. The highest BCUT2D eigenvalue weighted by Crippen LogP contribution is 2.20. The first-order chi connectivity index (χ1) is 11.3. The van der Waals surface area contributed by atoms with Crippen LogP contribution in [0.15, 0.2) is 0 Å². The standard InChI is InChI=1S/C19H39NO5/c1-9-20(16(22)25-17(2,3)4)12-10-18(5,6)23-14-11-19(7,8)24-15-13-21/h21H,9-15H2,1-8H3. The molecule has 1 N–H and O–H groups in total. The van der Waals surface area contributed by atoms with Crippen LogP contribution in [0.1, 0.15) is 68.2 Å². The molecule has 0 spiro atoms. The molecule has 0 aromatic carbocycles. The zero-order valence-electron chi connectivity index (χ0n) is 17.5. The molecule has 0 atom stereocenters. The molecule has 25 heavy (non-hydrogen) atoms. The van der Waals surface area contributed by atoms with Crippen molar-refractivity contribution < 1.29 is 24.1 Å². The minimum Gasteiger partial charge on any atom is -0.444 e. The Hall–Kier alpha value is -0.850. The Morgan fingerprint density at radius 2 is 1.44 bits per heavy atom. The molecule has 0 saturated heterocycles. The first-order valence-electron chi connectivity index (χ1n) is 9.18. The molecule has 150 valence electrons. The predicted molar refractivity (Wildman–Crippen MR) is 99.9 cm³/mol. The maximum atomic E-state index is 12.2. The van der Waals surface area contributed by atoms with Crippen LogP contribution in [0.25, 0.3) is 0 Å². The Kier molecular flexibility index (Phi) is 9.98. The molecular weight excluding hydrogens is 322 g/mol. The van der Waals surface area contributed by atoms with Crippen molar-refractivity contribution in [3.8, 4) is 0 Å². The van der Waals surface area contributed by atoms with Gasteiger partial charge in [0.1, 0.15) is 5.60 Å². The van der Waals surface area contributed by atoms with Gasteiger partial charge in [0.25, 0.3) is 0 Å². The first kappa shape index (κ1) is 24.1. The lowest BCUT2D eigenvalue weighted by atomic mass is 10.0. The highest BCUT2D eigenvalue weighted by atomic mass is 16.6. The van der Waals surface area contributed by atoms with E-state index in [9.17, 15) is 4.79 Å². The van der Waals surface area contributed by atoms with Crippen LogP contribution in [-0.4, -0.2) is 65.8 Å². The quantitative estimate of drug-likeness (QED) is 0.609. The highest BCUT2D eigenvalue weighted by Gasteiger charge is 2.26. The maximum absolute atomic E-state index is 12.2. The van der Waals surface area contributed by atoms with Crippen molar-refractivity contribution in [1.82, 2.24) is 4.90 Å². The van der Waals surface area contributed by atoms with E-state index >= 15 is 0 Å². The fourth-order valence-electron chi connectivity index (χ4n) is 2.15. The minimum absolute atomic E-state index is 0.0211. The third-order valence-electron chi connectivity index (χ3n) is 3.80. The number of carbonyl (C=O) groups is 1. The van der Waals surface area contributed by atoms with Crippen molar-refractivity contribution in [3.05, 3.63) is 0 Å². The minimum atomic E-state index is -0.489. The Balaban J connectivity index is 4.34. The second-order valence-corrected chi connectivity index (χ2v) is 8.50. The molecular formula is C19H39NO5. The van der Waals surface area contributed by atoms with E-state index in [2.05, 4.69) is 0 Å². The smallest absolute Gasteiger partial charge is 0.410 e. The summed E-state index contributed by atoms with van der Waals surface area (Å²) in [4.78, 5) is 13.9. The summed E-state index contributed by atoms with van der Waals surface area (Å²) in [6.07, 6.45) is 1.17. The summed E-state index contributed by atoms with van der Waals surface area (Å²) in [5.41, 5.74) is -1.16. The Morgan fingerprint density at radius 1 is 0.920 bits per heavy atom. The first-order valence-corrected chi connectivity index (χ1v) is 9.18. The van der Waals surface area contributed by atoms with Gasteiger partial charge in [0, 0.05) is 13.1 Å². The molecule has 0 rings (SSSR count). The second kappa shape index (κ2) is 10.3. The van der Waals surface area contributed by atoms with Crippen molar-refractivity contribution in [1.29, 1.82) is 0 Å². The summed E-state index contributed by atoms with van der Waals surface area (Å²) in [7, 11) is 0. The molecule has 0 aromatic heterocycles. The number of carbonyl (C=O) groups excluding carboxylic acids is 1. The average molecular weight is 362 g/mol. The Morgan fingerprint density at radius 3 is 1.92 bits per heavy atom. The molecule has 6 nitrogen and oxygen atoms in total. The molecule has 0 bridgehead atoms. The molecule has 0 aliphatic heterocycles. The van der Waals surface area contributed by atoms with E-state index in [-0.39, 0.29) is 23.9 Å².